The molecule has 2 heteroatoms. The highest BCUT2D eigenvalue weighted by atomic mass is 32.2. The monoisotopic (exact) mass is 273 g/mol. The van der Waals surface area contributed by atoms with Crippen molar-refractivity contribution in [3.05, 3.63) is 0 Å². The van der Waals surface area contributed by atoms with Gasteiger partial charge in [0.25, 0.3) is 0 Å². The predicted octanol–water partition coefficient (Wildman–Crippen LogP) is 5.25. The van der Waals surface area contributed by atoms with E-state index in [1.807, 2.05) is 0 Å². The van der Waals surface area contributed by atoms with Crippen molar-refractivity contribution in [1.29, 1.82) is 0 Å². The van der Waals surface area contributed by atoms with E-state index < -0.39 is 0 Å². The van der Waals surface area contributed by atoms with Crippen LogP contribution in [0.1, 0.15) is 78.6 Å². The van der Waals surface area contributed by atoms with Gasteiger partial charge in [-0.15, -0.1) is 0 Å². The number of thioether (sulfide) groups is 1. The fourth-order valence-electron chi connectivity index (χ4n) is 2.11. The van der Waals surface area contributed by atoms with E-state index in [0.717, 1.165) is 0 Å². The SMILES string of the molecule is CCCCCCCCCCNC(C)CCSCC. The zero-order valence-corrected chi connectivity index (χ0v) is 13.8. The van der Waals surface area contributed by atoms with E-state index in [4.69, 9.17) is 0 Å². The first-order valence-corrected chi connectivity index (χ1v) is 9.27. The van der Waals surface area contributed by atoms with E-state index in [-0.39, 0.29) is 0 Å². The van der Waals surface area contributed by atoms with Gasteiger partial charge in [-0.05, 0) is 37.8 Å². The quantitative estimate of drug-likeness (QED) is 0.434. The Morgan fingerprint density at radius 2 is 1.50 bits per heavy atom. The fourth-order valence-corrected chi connectivity index (χ4v) is 2.92. The molecule has 0 fully saturated rings. The zero-order valence-electron chi connectivity index (χ0n) is 13.0. The molecule has 0 saturated carbocycles. The molecule has 0 aliphatic carbocycles. The van der Waals surface area contributed by atoms with Crippen LogP contribution in [-0.4, -0.2) is 24.1 Å². The third kappa shape index (κ3) is 14.4. The van der Waals surface area contributed by atoms with E-state index in [1.54, 1.807) is 0 Å². The summed E-state index contributed by atoms with van der Waals surface area (Å²) >= 11 is 2.05. The summed E-state index contributed by atoms with van der Waals surface area (Å²) in [6.45, 7) is 8.06. The number of hydrogen-bond donors (Lipinski definition) is 1. The number of unbranched alkanes of at least 4 members (excludes halogenated alkanes) is 7. The van der Waals surface area contributed by atoms with Gasteiger partial charge in [0.1, 0.15) is 0 Å². The molecule has 0 spiro atoms. The summed E-state index contributed by atoms with van der Waals surface area (Å²) in [6, 6.07) is 0.702. The topological polar surface area (TPSA) is 12.0 Å². The Hall–Kier alpha value is 0.310. The van der Waals surface area contributed by atoms with Crippen LogP contribution in [0.2, 0.25) is 0 Å². The first-order chi connectivity index (χ1) is 8.81. The molecule has 0 aliphatic heterocycles. The Bertz CT molecular complexity index is 150. The minimum atomic E-state index is 0.702. The van der Waals surface area contributed by atoms with Gasteiger partial charge in [-0.1, -0.05) is 58.8 Å². The van der Waals surface area contributed by atoms with Crippen LogP contribution >= 0.6 is 11.8 Å². The largest absolute Gasteiger partial charge is 0.314 e. The molecule has 0 heterocycles. The second-order valence-corrected chi connectivity index (χ2v) is 6.71. The summed E-state index contributed by atoms with van der Waals surface area (Å²) in [7, 11) is 0. The maximum Gasteiger partial charge on any atom is 0.00465 e. The van der Waals surface area contributed by atoms with Gasteiger partial charge >= 0.3 is 0 Å². The summed E-state index contributed by atoms with van der Waals surface area (Å²) in [5.74, 6) is 2.56. The highest BCUT2D eigenvalue weighted by Gasteiger charge is 2.00. The Morgan fingerprint density at radius 3 is 2.11 bits per heavy atom. The molecule has 0 aromatic rings. The lowest BCUT2D eigenvalue weighted by Gasteiger charge is -2.13. The standard InChI is InChI=1S/C16H35NS/c1-4-6-7-8-9-10-11-12-14-17-16(3)13-15-18-5-2/h16-17H,4-15H2,1-3H3. The van der Waals surface area contributed by atoms with Crippen LogP contribution in [0.15, 0.2) is 0 Å². The molecule has 1 N–H and O–H groups in total. The molecule has 0 aromatic carbocycles. The number of nitrogens with one attached hydrogen (secondary N) is 1. The number of hydrogen-bond acceptors (Lipinski definition) is 2. The van der Waals surface area contributed by atoms with Gasteiger partial charge in [-0.25, -0.2) is 0 Å². The summed E-state index contributed by atoms with van der Waals surface area (Å²) < 4.78 is 0. The van der Waals surface area contributed by atoms with Gasteiger partial charge in [-0.3, -0.25) is 0 Å². The van der Waals surface area contributed by atoms with Crippen molar-refractivity contribution in [2.24, 2.45) is 0 Å². The Kier molecular flexibility index (Phi) is 15.6. The molecule has 0 saturated heterocycles. The summed E-state index contributed by atoms with van der Waals surface area (Å²) in [4.78, 5) is 0. The lowest BCUT2D eigenvalue weighted by atomic mass is 10.1. The van der Waals surface area contributed by atoms with E-state index in [9.17, 15) is 0 Å². The lowest BCUT2D eigenvalue weighted by Crippen LogP contribution is -2.27. The molecule has 0 bridgehead atoms. The minimum absolute atomic E-state index is 0.702. The van der Waals surface area contributed by atoms with Crippen molar-refractivity contribution in [1.82, 2.24) is 5.32 Å². The molecule has 0 amide bonds. The first-order valence-electron chi connectivity index (χ1n) is 8.12. The van der Waals surface area contributed by atoms with Crippen molar-refractivity contribution in [2.75, 3.05) is 18.1 Å². The first kappa shape index (κ1) is 18.3. The van der Waals surface area contributed by atoms with Gasteiger partial charge in [0.05, 0.1) is 0 Å². The average Bonchev–Trinajstić information content (AvgIpc) is 2.37. The van der Waals surface area contributed by atoms with Crippen molar-refractivity contribution in [3.63, 3.8) is 0 Å². The van der Waals surface area contributed by atoms with Crippen LogP contribution in [0.4, 0.5) is 0 Å². The molecule has 0 rings (SSSR count). The Morgan fingerprint density at radius 1 is 0.889 bits per heavy atom. The van der Waals surface area contributed by atoms with Gasteiger partial charge in [-0.2, -0.15) is 11.8 Å². The van der Waals surface area contributed by atoms with Crippen LogP contribution in [0.3, 0.4) is 0 Å². The van der Waals surface area contributed by atoms with E-state index in [2.05, 4.69) is 37.8 Å². The highest BCUT2D eigenvalue weighted by molar-refractivity contribution is 7.99. The molecular formula is C16H35NS. The molecule has 0 aromatic heterocycles. The van der Waals surface area contributed by atoms with Crippen LogP contribution < -0.4 is 5.32 Å². The smallest absolute Gasteiger partial charge is 0.00465 e. The summed E-state index contributed by atoms with van der Waals surface area (Å²) in [6.07, 6.45) is 12.7. The Balaban J connectivity index is 3.05. The van der Waals surface area contributed by atoms with E-state index in [1.165, 1.54) is 75.8 Å². The molecular weight excluding hydrogens is 238 g/mol. The molecule has 0 radical (unpaired) electrons. The summed E-state index contributed by atoms with van der Waals surface area (Å²) in [5.41, 5.74) is 0. The second-order valence-electron chi connectivity index (χ2n) is 5.32. The maximum atomic E-state index is 3.64. The van der Waals surface area contributed by atoms with Gasteiger partial charge in [0.15, 0.2) is 0 Å². The number of rotatable bonds is 14. The summed E-state index contributed by atoms with van der Waals surface area (Å²) in [5, 5.41) is 3.64. The van der Waals surface area contributed by atoms with Crippen molar-refractivity contribution >= 4 is 11.8 Å². The third-order valence-corrected chi connectivity index (χ3v) is 4.36. The van der Waals surface area contributed by atoms with Crippen LogP contribution in [0.25, 0.3) is 0 Å². The van der Waals surface area contributed by atoms with Crippen LogP contribution in [0, 0.1) is 0 Å². The molecule has 1 unspecified atom stereocenters. The third-order valence-electron chi connectivity index (χ3n) is 3.42. The van der Waals surface area contributed by atoms with Gasteiger partial charge in [0, 0.05) is 6.04 Å². The lowest BCUT2D eigenvalue weighted by molar-refractivity contribution is 0.503. The normalized spacial score (nSPS) is 12.8. The molecule has 0 aliphatic rings. The van der Waals surface area contributed by atoms with Crippen LogP contribution in [0.5, 0.6) is 0 Å². The van der Waals surface area contributed by atoms with E-state index >= 15 is 0 Å². The average molecular weight is 274 g/mol. The zero-order chi connectivity index (χ0) is 13.5. The molecule has 1 atom stereocenters. The molecule has 1 nitrogen and oxygen atoms in total. The molecule has 18 heavy (non-hydrogen) atoms. The second kappa shape index (κ2) is 15.4. The van der Waals surface area contributed by atoms with Crippen LogP contribution in [-0.2, 0) is 0 Å². The van der Waals surface area contributed by atoms with Gasteiger partial charge in [0.2, 0.25) is 0 Å². The fraction of sp³-hybridized carbons (Fsp3) is 1.00. The molecule has 110 valence electrons. The minimum Gasteiger partial charge on any atom is -0.314 e. The van der Waals surface area contributed by atoms with E-state index in [0.29, 0.717) is 6.04 Å². The van der Waals surface area contributed by atoms with Crippen molar-refractivity contribution in [2.45, 2.75) is 84.6 Å². The maximum absolute atomic E-state index is 3.64. The van der Waals surface area contributed by atoms with Crippen molar-refractivity contribution in [3.8, 4) is 0 Å². The van der Waals surface area contributed by atoms with Crippen molar-refractivity contribution < 1.29 is 0 Å². The van der Waals surface area contributed by atoms with Gasteiger partial charge < -0.3 is 5.32 Å². The Labute approximate surface area is 120 Å². The predicted molar refractivity (Wildman–Crippen MR) is 87.7 cm³/mol. The highest BCUT2D eigenvalue weighted by Crippen LogP contribution is 2.08.